The van der Waals surface area contributed by atoms with Crippen molar-refractivity contribution in [1.29, 1.82) is 0 Å². The van der Waals surface area contributed by atoms with Gasteiger partial charge in [0.15, 0.2) is 0 Å². The Bertz CT molecular complexity index is 424. The van der Waals surface area contributed by atoms with Crippen LogP contribution in [0.2, 0.25) is 0 Å². The molecule has 2 unspecified atom stereocenters. The zero-order valence-corrected chi connectivity index (χ0v) is 13.2. The summed E-state index contributed by atoms with van der Waals surface area (Å²) in [4.78, 5) is 14.4. The van der Waals surface area contributed by atoms with Crippen LogP contribution in [-0.2, 0) is 11.2 Å². The predicted molar refractivity (Wildman–Crippen MR) is 85.9 cm³/mol. The van der Waals surface area contributed by atoms with Crippen LogP contribution < -0.4 is 5.32 Å². The Morgan fingerprint density at radius 1 is 1.40 bits per heavy atom. The minimum atomic E-state index is -0.0568. The first-order chi connectivity index (χ1) is 9.72. The second kappa shape index (κ2) is 7.70. The Kier molecular flexibility index (Phi) is 5.92. The van der Waals surface area contributed by atoms with E-state index in [1.165, 1.54) is 5.56 Å². The minimum Gasteiger partial charge on any atom is -0.326 e. The molecule has 1 heterocycles. The predicted octanol–water partition coefficient (Wildman–Crippen LogP) is 2.52. The molecule has 1 aromatic carbocycles. The van der Waals surface area contributed by atoms with Crippen molar-refractivity contribution in [2.75, 3.05) is 18.2 Å². The molecule has 1 aromatic rings. The van der Waals surface area contributed by atoms with E-state index < -0.39 is 0 Å². The SMILES string of the molecule is CCSCCC(C)N1CNC(Cc2ccccc2)C1=O. The molecule has 1 saturated heterocycles. The van der Waals surface area contributed by atoms with E-state index in [2.05, 4.69) is 31.3 Å². The lowest BCUT2D eigenvalue weighted by molar-refractivity contribution is -0.130. The quantitative estimate of drug-likeness (QED) is 0.784. The molecule has 0 saturated carbocycles. The number of hydrogen-bond acceptors (Lipinski definition) is 3. The van der Waals surface area contributed by atoms with Gasteiger partial charge in [-0.05, 0) is 36.8 Å². The maximum Gasteiger partial charge on any atom is 0.241 e. The van der Waals surface area contributed by atoms with E-state index in [0.717, 1.165) is 24.3 Å². The summed E-state index contributed by atoms with van der Waals surface area (Å²) in [5, 5.41) is 3.35. The molecule has 0 aliphatic carbocycles. The molecular weight excluding hydrogens is 268 g/mol. The van der Waals surface area contributed by atoms with Crippen molar-refractivity contribution in [3.8, 4) is 0 Å². The zero-order chi connectivity index (χ0) is 14.4. The van der Waals surface area contributed by atoms with Gasteiger partial charge in [0.1, 0.15) is 0 Å². The molecule has 1 aliphatic rings. The summed E-state index contributed by atoms with van der Waals surface area (Å²) in [6, 6.07) is 10.5. The molecule has 110 valence electrons. The minimum absolute atomic E-state index is 0.0568. The van der Waals surface area contributed by atoms with Gasteiger partial charge in [-0.25, -0.2) is 0 Å². The van der Waals surface area contributed by atoms with Gasteiger partial charge >= 0.3 is 0 Å². The fraction of sp³-hybridized carbons (Fsp3) is 0.562. The molecule has 1 amide bonds. The monoisotopic (exact) mass is 292 g/mol. The standard InChI is InChI=1S/C16H24N2OS/c1-3-20-10-9-13(2)18-12-17-15(16(18)19)11-14-7-5-4-6-8-14/h4-8,13,15,17H,3,9-12H2,1-2H3. The van der Waals surface area contributed by atoms with Gasteiger partial charge in [0.25, 0.3) is 0 Å². The third-order valence-corrected chi connectivity index (χ3v) is 4.72. The largest absolute Gasteiger partial charge is 0.326 e. The average Bonchev–Trinajstić information content (AvgIpc) is 2.82. The highest BCUT2D eigenvalue weighted by atomic mass is 32.2. The number of carbonyl (C=O) groups is 1. The molecule has 1 aliphatic heterocycles. The third kappa shape index (κ3) is 4.00. The molecule has 1 N–H and O–H groups in total. The lowest BCUT2D eigenvalue weighted by Crippen LogP contribution is -2.37. The first-order valence-electron chi connectivity index (χ1n) is 7.38. The van der Waals surface area contributed by atoms with E-state index in [1.807, 2.05) is 34.9 Å². The van der Waals surface area contributed by atoms with Gasteiger partial charge in [0.2, 0.25) is 5.91 Å². The van der Waals surface area contributed by atoms with Crippen molar-refractivity contribution in [3.63, 3.8) is 0 Å². The van der Waals surface area contributed by atoms with Crippen molar-refractivity contribution >= 4 is 17.7 Å². The summed E-state index contributed by atoms with van der Waals surface area (Å²) < 4.78 is 0. The Morgan fingerprint density at radius 2 is 2.15 bits per heavy atom. The number of benzene rings is 1. The van der Waals surface area contributed by atoms with Crippen molar-refractivity contribution < 1.29 is 4.79 Å². The van der Waals surface area contributed by atoms with Crippen molar-refractivity contribution in [2.45, 2.75) is 38.8 Å². The number of rotatable bonds is 7. The average molecular weight is 292 g/mol. The molecular formula is C16H24N2OS. The van der Waals surface area contributed by atoms with Crippen LogP contribution in [0.15, 0.2) is 30.3 Å². The fourth-order valence-electron chi connectivity index (χ4n) is 2.51. The van der Waals surface area contributed by atoms with Gasteiger partial charge < -0.3 is 4.90 Å². The van der Waals surface area contributed by atoms with E-state index in [1.54, 1.807) is 0 Å². The van der Waals surface area contributed by atoms with Gasteiger partial charge in [-0.15, -0.1) is 0 Å². The van der Waals surface area contributed by atoms with E-state index >= 15 is 0 Å². The molecule has 1 fully saturated rings. The van der Waals surface area contributed by atoms with E-state index in [0.29, 0.717) is 12.7 Å². The number of carbonyl (C=O) groups excluding carboxylic acids is 1. The van der Waals surface area contributed by atoms with Crippen LogP contribution in [0.3, 0.4) is 0 Å². The summed E-state index contributed by atoms with van der Waals surface area (Å²) in [5.74, 6) is 2.53. The Labute approximate surface area is 126 Å². The number of hydrogen-bond donors (Lipinski definition) is 1. The second-order valence-electron chi connectivity index (χ2n) is 5.25. The topological polar surface area (TPSA) is 32.3 Å². The third-order valence-electron chi connectivity index (χ3n) is 3.79. The lowest BCUT2D eigenvalue weighted by Gasteiger charge is -2.23. The molecule has 0 radical (unpaired) electrons. The number of nitrogens with one attached hydrogen (secondary N) is 1. The van der Waals surface area contributed by atoms with Gasteiger partial charge in [-0.2, -0.15) is 11.8 Å². The first-order valence-corrected chi connectivity index (χ1v) is 8.53. The van der Waals surface area contributed by atoms with Crippen LogP contribution in [0.5, 0.6) is 0 Å². The molecule has 0 bridgehead atoms. The summed E-state index contributed by atoms with van der Waals surface area (Å²) in [6.07, 6.45) is 1.86. The van der Waals surface area contributed by atoms with Crippen LogP contribution in [-0.4, -0.2) is 41.1 Å². The van der Waals surface area contributed by atoms with Crippen molar-refractivity contribution in [3.05, 3.63) is 35.9 Å². The fourth-order valence-corrected chi connectivity index (χ4v) is 3.31. The number of amides is 1. The highest BCUT2D eigenvalue weighted by Crippen LogP contribution is 2.16. The maximum atomic E-state index is 12.4. The molecule has 0 aromatic heterocycles. The molecule has 0 spiro atoms. The van der Waals surface area contributed by atoms with E-state index in [9.17, 15) is 4.79 Å². The molecule has 20 heavy (non-hydrogen) atoms. The van der Waals surface area contributed by atoms with Gasteiger partial charge in [0, 0.05) is 6.04 Å². The molecule has 3 nitrogen and oxygen atoms in total. The molecule has 2 rings (SSSR count). The summed E-state index contributed by atoms with van der Waals surface area (Å²) in [7, 11) is 0. The van der Waals surface area contributed by atoms with Crippen LogP contribution in [0.25, 0.3) is 0 Å². The normalized spacial score (nSPS) is 20.4. The Balaban J connectivity index is 1.85. The van der Waals surface area contributed by atoms with Gasteiger partial charge in [0.05, 0.1) is 12.7 Å². The molecule has 4 heteroatoms. The summed E-state index contributed by atoms with van der Waals surface area (Å²) in [6.45, 7) is 5.02. The highest BCUT2D eigenvalue weighted by Gasteiger charge is 2.33. The Morgan fingerprint density at radius 3 is 2.85 bits per heavy atom. The van der Waals surface area contributed by atoms with Crippen LogP contribution in [0.1, 0.15) is 25.8 Å². The van der Waals surface area contributed by atoms with Crippen LogP contribution in [0.4, 0.5) is 0 Å². The van der Waals surface area contributed by atoms with Crippen LogP contribution in [0, 0.1) is 0 Å². The number of nitrogens with zero attached hydrogens (tertiary/aromatic N) is 1. The van der Waals surface area contributed by atoms with Crippen molar-refractivity contribution in [2.24, 2.45) is 0 Å². The maximum absolute atomic E-state index is 12.4. The van der Waals surface area contributed by atoms with Gasteiger partial charge in [-0.1, -0.05) is 37.3 Å². The first kappa shape index (κ1) is 15.4. The lowest BCUT2D eigenvalue weighted by atomic mass is 10.1. The van der Waals surface area contributed by atoms with Gasteiger partial charge in [-0.3, -0.25) is 10.1 Å². The van der Waals surface area contributed by atoms with E-state index in [-0.39, 0.29) is 11.9 Å². The smallest absolute Gasteiger partial charge is 0.241 e. The summed E-state index contributed by atoms with van der Waals surface area (Å²) in [5.41, 5.74) is 1.22. The zero-order valence-electron chi connectivity index (χ0n) is 12.3. The second-order valence-corrected chi connectivity index (χ2v) is 6.64. The number of thioether (sulfide) groups is 1. The molecule has 2 atom stereocenters. The Hall–Kier alpha value is -1.00. The highest BCUT2D eigenvalue weighted by molar-refractivity contribution is 7.99. The summed E-state index contributed by atoms with van der Waals surface area (Å²) >= 11 is 1.94. The van der Waals surface area contributed by atoms with Crippen molar-refractivity contribution in [1.82, 2.24) is 10.2 Å². The van der Waals surface area contributed by atoms with Crippen LogP contribution >= 0.6 is 11.8 Å². The van der Waals surface area contributed by atoms with E-state index in [4.69, 9.17) is 0 Å².